The van der Waals surface area contributed by atoms with E-state index in [4.69, 9.17) is 0 Å². The molecule has 1 amide bonds. The molecule has 1 aromatic heterocycles. The van der Waals surface area contributed by atoms with Crippen molar-refractivity contribution in [2.24, 2.45) is 0 Å². The van der Waals surface area contributed by atoms with Gasteiger partial charge in [0.15, 0.2) is 0 Å². The summed E-state index contributed by atoms with van der Waals surface area (Å²) in [6.45, 7) is 6.96. The molecule has 1 aromatic rings. The summed E-state index contributed by atoms with van der Waals surface area (Å²) in [6.07, 6.45) is 9.76. The Kier molecular flexibility index (Phi) is 4.04. The molecule has 0 unspecified atom stereocenters. The predicted molar refractivity (Wildman–Crippen MR) is 62.3 cm³/mol. The van der Waals surface area contributed by atoms with Crippen LogP contribution in [0, 0.1) is 0 Å². The number of hydrogen-bond donors (Lipinski definition) is 1. The van der Waals surface area contributed by atoms with E-state index in [0.717, 1.165) is 5.56 Å². The number of allylic oxidation sites excluding steroid dienone is 2. The van der Waals surface area contributed by atoms with Gasteiger partial charge in [0.05, 0.1) is 5.69 Å². The number of anilines is 1. The lowest BCUT2D eigenvalue weighted by Gasteiger charge is -2.04. The second-order valence-electron chi connectivity index (χ2n) is 2.75. The van der Waals surface area contributed by atoms with Gasteiger partial charge in [0, 0.05) is 18.0 Å². The predicted octanol–water partition coefficient (Wildman–Crippen LogP) is 2.41. The van der Waals surface area contributed by atoms with E-state index in [1.807, 2.05) is 6.08 Å². The number of nitrogens with one attached hydrogen (secondary N) is 1. The van der Waals surface area contributed by atoms with E-state index in [0.29, 0.717) is 5.69 Å². The number of rotatable bonds is 4. The second-order valence-corrected chi connectivity index (χ2v) is 2.75. The molecule has 1 N–H and O–H groups in total. The van der Waals surface area contributed by atoms with Crippen LogP contribution in [0.1, 0.15) is 5.56 Å². The van der Waals surface area contributed by atoms with Gasteiger partial charge in [0.2, 0.25) is 5.91 Å². The van der Waals surface area contributed by atoms with Crippen LogP contribution in [0.25, 0.3) is 6.08 Å². The number of aromatic nitrogens is 1. The van der Waals surface area contributed by atoms with E-state index in [1.54, 1.807) is 30.6 Å². The fraction of sp³-hybridized carbons (Fsp3) is 0. The quantitative estimate of drug-likeness (QED) is 0.599. The molecule has 3 heteroatoms. The van der Waals surface area contributed by atoms with Gasteiger partial charge < -0.3 is 5.32 Å². The van der Waals surface area contributed by atoms with Gasteiger partial charge >= 0.3 is 0 Å². The zero-order valence-electron chi connectivity index (χ0n) is 8.31. The lowest BCUT2D eigenvalue weighted by molar-refractivity contribution is -0.111. The Morgan fingerprint density at radius 1 is 1.47 bits per heavy atom. The lowest BCUT2D eigenvalue weighted by atomic mass is 10.2. The minimum Gasteiger partial charge on any atom is -0.322 e. The molecule has 0 aliphatic heterocycles. The first-order valence-electron chi connectivity index (χ1n) is 4.44. The molecule has 76 valence electrons. The maximum absolute atomic E-state index is 11.1. The maximum atomic E-state index is 11.1. The third-order valence-electron chi connectivity index (χ3n) is 1.71. The standard InChI is InChI=1S/C12H12N2O/c1-3-5-6-10-9-13-8-7-11(10)14-12(15)4-2/h3-9H,1-2H2,(H,13,14,15)/b6-5+. The topological polar surface area (TPSA) is 42.0 Å². The van der Waals surface area contributed by atoms with E-state index in [-0.39, 0.29) is 5.91 Å². The average Bonchev–Trinajstić information content (AvgIpc) is 2.28. The van der Waals surface area contributed by atoms with Crippen molar-refractivity contribution in [2.75, 3.05) is 5.32 Å². The van der Waals surface area contributed by atoms with Crippen LogP contribution in [0.4, 0.5) is 5.69 Å². The molecule has 3 nitrogen and oxygen atoms in total. The first-order chi connectivity index (χ1) is 7.27. The Labute approximate surface area is 88.8 Å². The molecule has 0 saturated heterocycles. The van der Waals surface area contributed by atoms with Gasteiger partial charge in [-0.3, -0.25) is 9.78 Å². The second kappa shape index (κ2) is 5.54. The summed E-state index contributed by atoms with van der Waals surface area (Å²) in [4.78, 5) is 15.1. The van der Waals surface area contributed by atoms with Crippen molar-refractivity contribution >= 4 is 17.7 Å². The van der Waals surface area contributed by atoms with Crippen LogP contribution in [-0.2, 0) is 4.79 Å². The summed E-state index contributed by atoms with van der Waals surface area (Å²) in [7, 11) is 0. The molecule has 0 radical (unpaired) electrons. The number of hydrogen-bond acceptors (Lipinski definition) is 2. The van der Waals surface area contributed by atoms with Crippen LogP contribution in [0.15, 0.2) is 49.8 Å². The summed E-state index contributed by atoms with van der Waals surface area (Å²) in [6, 6.07) is 1.73. The van der Waals surface area contributed by atoms with Gasteiger partial charge in [-0.25, -0.2) is 0 Å². The van der Waals surface area contributed by atoms with Gasteiger partial charge in [-0.05, 0) is 12.1 Å². The summed E-state index contributed by atoms with van der Waals surface area (Å²) in [5.41, 5.74) is 1.53. The van der Waals surface area contributed by atoms with Crippen LogP contribution >= 0.6 is 0 Å². The molecule has 15 heavy (non-hydrogen) atoms. The van der Waals surface area contributed by atoms with Gasteiger partial charge in [-0.15, -0.1) is 0 Å². The molecule has 1 rings (SSSR count). The summed E-state index contributed by atoms with van der Waals surface area (Å²) in [5.74, 6) is -0.241. The monoisotopic (exact) mass is 200 g/mol. The lowest BCUT2D eigenvalue weighted by Crippen LogP contribution is -2.08. The number of nitrogens with zero attached hydrogens (tertiary/aromatic N) is 1. The number of carbonyl (C=O) groups excluding carboxylic acids is 1. The van der Waals surface area contributed by atoms with Crippen molar-refractivity contribution in [3.63, 3.8) is 0 Å². The third-order valence-corrected chi connectivity index (χ3v) is 1.71. The van der Waals surface area contributed by atoms with E-state index >= 15 is 0 Å². The summed E-state index contributed by atoms with van der Waals surface area (Å²) < 4.78 is 0. The Morgan fingerprint density at radius 3 is 2.93 bits per heavy atom. The maximum Gasteiger partial charge on any atom is 0.247 e. The molecule has 1 heterocycles. The Bertz CT molecular complexity index is 408. The van der Waals surface area contributed by atoms with Crippen molar-refractivity contribution in [2.45, 2.75) is 0 Å². The third kappa shape index (κ3) is 3.23. The summed E-state index contributed by atoms with van der Waals surface area (Å²) >= 11 is 0. The van der Waals surface area contributed by atoms with Crippen molar-refractivity contribution in [3.05, 3.63) is 55.4 Å². The van der Waals surface area contributed by atoms with Crippen LogP contribution in [-0.4, -0.2) is 10.9 Å². The average molecular weight is 200 g/mol. The number of amides is 1. The largest absolute Gasteiger partial charge is 0.322 e. The molecule has 0 aliphatic rings. The first-order valence-corrected chi connectivity index (χ1v) is 4.44. The molecule has 0 saturated carbocycles. The Morgan fingerprint density at radius 2 is 2.27 bits per heavy atom. The first kappa shape index (κ1) is 10.9. The Balaban J connectivity index is 2.95. The van der Waals surface area contributed by atoms with Crippen LogP contribution in [0.3, 0.4) is 0 Å². The van der Waals surface area contributed by atoms with E-state index < -0.39 is 0 Å². The molecule has 0 spiro atoms. The van der Waals surface area contributed by atoms with E-state index in [2.05, 4.69) is 23.5 Å². The van der Waals surface area contributed by atoms with Crippen molar-refractivity contribution < 1.29 is 4.79 Å². The number of pyridine rings is 1. The fourth-order valence-electron chi connectivity index (χ4n) is 1.01. The zero-order valence-corrected chi connectivity index (χ0v) is 8.31. The van der Waals surface area contributed by atoms with Crippen LogP contribution in [0.2, 0.25) is 0 Å². The highest BCUT2D eigenvalue weighted by atomic mass is 16.1. The van der Waals surface area contributed by atoms with Crippen molar-refractivity contribution in [1.82, 2.24) is 4.98 Å². The minimum atomic E-state index is -0.241. The molecule has 0 atom stereocenters. The van der Waals surface area contributed by atoms with Gasteiger partial charge in [-0.1, -0.05) is 31.4 Å². The minimum absolute atomic E-state index is 0.241. The van der Waals surface area contributed by atoms with Crippen molar-refractivity contribution in [3.8, 4) is 0 Å². The van der Waals surface area contributed by atoms with E-state index in [9.17, 15) is 4.79 Å². The number of carbonyl (C=O) groups is 1. The van der Waals surface area contributed by atoms with Gasteiger partial charge in [0.1, 0.15) is 0 Å². The van der Waals surface area contributed by atoms with E-state index in [1.165, 1.54) is 6.08 Å². The highest BCUT2D eigenvalue weighted by Crippen LogP contribution is 2.15. The zero-order chi connectivity index (χ0) is 11.1. The molecule has 0 aromatic carbocycles. The normalized spacial score (nSPS) is 9.87. The van der Waals surface area contributed by atoms with Crippen LogP contribution < -0.4 is 5.32 Å². The fourth-order valence-corrected chi connectivity index (χ4v) is 1.01. The SMILES string of the molecule is C=C/C=C/c1cnccc1NC(=O)C=C. The highest BCUT2D eigenvalue weighted by Gasteiger charge is 2.00. The molecule has 0 fully saturated rings. The smallest absolute Gasteiger partial charge is 0.247 e. The molecule has 0 bridgehead atoms. The Hall–Kier alpha value is -2.16. The van der Waals surface area contributed by atoms with Gasteiger partial charge in [0.25, 0.3) is 0 Å². The van der Waals surface area contributed by atoms with Gasteiger partial charge in [-0.2, -0.15) is 0 Å². The molecular weight excluding hydrogens is 188 g/mol. The molecule has 0 aliphatic carbocycles. The highest BCUT2D eigenvalue weighted by molar-refractivity contribution is 6.00. The summed E-state index contributed by atoms with van der Waals surface area (Å²) in [5, 5.41) is 2.69. The van der Waals surface area contributed by atoms with Crippen LogP contribution in [0.5, 0.6) is 0 Å². The van der Waals surface area contributed by atoms with Crippen molar-refractivity contribution in [1.29, 1.82) is 0 Å². The molecular formula is C12H12N2O.